The van der Waals surface area contributed by atoms with Gasteiger partial charge in [-0.05, 0) is 37.7 Å². The Bertz CT molecular complexity index is 933. The molecule has 2 aromatic carbocycles. The smallest absolute Gasteiger partial charge is 0.108 e. The van der Waals surface area contributed by atoms with Crippen LogP contribution in [0.2, 0.25) is 0 Å². The second-order valence-electron chi connectivity index (χ2n) is 4.35. The summed E-state index contributed by atoms with van der Waals surface area (Å²) in [5.74, 6) is 0. The Labute approximate surface area is 136 Å². The second-order valence-corrected chi connectivity index (χ2v) is 4.35. The average molecular weight is 279 g/mol. The summed E-state index contributed by atoms with van der Waals surface area (Å²) in [7, 11) is 2.59. The van der Waals surface area contributed by atoms with Crippen molar-refractivity contribution in [1.82, 2.24) is 4.90 Å². The van der Waals surface area contributed by atoms with Crippen molar-refractivity contribution in [1.29, 1.82) is 0 Å². The molecule has 0 bridgehead atoms. The molecule has 1 atom stereocenters. The molecule has 0 fully saturated rings. The molecule has 0 aliphatic heterocycles. The second kappa shape index (κ2) is 7.22. The number of ether oxygens (including phenoxy) is 1. The van der Waals surface area contributed by atoms with E-state index in [2.05, 4.69) is 0 Å². The Morgan fingerprint density at radius 3 is 2.60 bits per heavy atom. The van der Waals surface area contributed by atoms with Gasteiger partial charge >= 0.3 is 0 Å². The molecular weight excluding hydrogens is 246 g/mol. The minimum Gasteiger partial charge on any atom is -0.367 e. The van der Waals surface area contributed by atoms with E-state index in [4.69, 9.17) is 18.4 Å². The van der Waals surface area contributed by atoms with Crippen LogP contribution in [0, 0.1) is 6.92 Å². The van der Waals surface area contributed by atoms with Crippen LogP contribution in [0.15, 0.2) is 54.5 Å². The maximum atomic E-state index is 9.05. The van der Waals surface area contributed by atoms with E-state index in [0.29, 0.717) is 5.56 Å². The number of nitrogens with zero attached hydrogens (tertiary/aromatic N) is 1. The van der Waals surface area contributed by atoms with E-state index in [-0.39, 0.29) is 5.56 Å². The lowest BCUT2D eigenvalue weighted by molar-refractivity contribution is 0.0683. The zero-order valence-corrected chi connectivity index (χ0v) is 11.7. The summed E-state index contributed by atoms with van der Waals surface area (Å²) in [5, 5.41) is 0. The Morgan fingerprint density at radius 2 is 1.95 bits per heavy atom. The van der Waals surface area contributed by atoms with Gasteiger partial charge in [-0.25, -0.2) is 0 Å². The van der Waals surface area contributed by atoms with Crippen LogP contribution in [0.1, 0.15) is 36.5 Å². The van der Waals surface area contributed by atoms with Crippen LogP contribution in [0.25, 0.3) is 0 Å². The molecule has 0 heterocycles. The molecule has 2 aromatic rings. The molecule has 0 spiro atoms. The first-order valence-electron chi connectivity index (χ1n) is 11.1. The summed E-state index contributed by atoms with van der Waals surface area (Å²) in [4.78, 5) is 0.938. The molecule has 0 saturated carbocycles. The van der Waals surface area contributed by atoms with Crippen molar-refractivity contribution in [2.45, 2.75) is 13.0 Å². The number of aryl methyl sites for hydroxylation is 1. The first-order chi connectivity index (χ1) is 13.6. The van der Waals surface area contributed by atoms with Gasteiger partial charge in [0.25, 0.3) is 0 Å². The molecule has 2 rings (SSSR count). The Hall–Kier alpha value is -1.64. The van der Waals surface area contributed by atoms with E-state index in [1.807, 2.05) is 0 Å². The van der Waals surface area contributed by atoms with E-state index >= 15 is 0 Å². The Morgan fingerprint density at radius 1 is 1.25 bits per heavy atom. The summed E-state index contributed by atoms with van der Waals surface area (Å²) in [6, 6.07) is 2.73. The predicted octanol–water partition coefficient (Wildman–Crippen LogP) is 3.66. The Balaban J connectivity index is 2.91. The van der Waals surface area contributed by atoms with Gasteiger partial charge in [0.1, 0.15) is 6.08 Å². The lowest BCUT2D eigenvalue weighted by Gasteiger charge is -2.22. The quantitative estimate of drug-likeness (QED) is 0.800. The van der Waals surface area contributed by atoms with Crippen LogP contribution >= 0.6 is 0 Å². The normalized spacial score (nSPS) is 22.8. The van der Waals surface area contributed by atoms with Crippen LogP contribution in [0.3, 0.4) is 0 Å². The fourth-order valence-electron chi connectivity index (χ4n) is 1.60. The third-order valence-corrected chi connectivity index (χ3v) is 2.54. The van der Waals surface area contributed by atoms with Gasteiger partial charge in [0.05, 0.1) is 17.5 Å². The fraction of sp³-hybridized carbons (Fsp3) is 0.333. The SMILES string of the molecule is [2H]c1c([2H])c([2H])c(C([2H])(OC([2H])([2H])C([2H])([2H])N(C)C)c2ccccc2C)c([2H])c1[2H]. The number of hydrogen-bond donors (Lipinski definition) is 0. The first-order valence-corrected chi connectivity index (χ1v) is 6.10. The van der Waals surface area contributed by atoms with Gasteiger partial charge in [-0.2, -0.15) is 0 Å². The first kappa shape index (κ1) is 6.42. The number of rotatable bonds is 6. The highest BCUT2D eigenvalue weighted by atomic mass is 16.5. The summed E-state index contributed by atoms with van der Waals surface area (Å²) >= 11 is 0. The van der Waals surface area contributed by atoms with E-state index in [1.54, 1.807) is 25.1 Å². The van der Waals surface area contributed by atoms with Crippen LogP contribution in [-0.2, 0) is 4.74 Å². The molecular formula is C18H23NO. The fourth-order valence-corrected chi connectivity index (χ4v) is 1.60. The van der Waals surface area contributed by atoms with Crippen LogP contribution in [-0.4, -0.2) is 32.1 Å². The van der Waals surface area contributed by atoms with Crippen LogP contribution in [0.5, 0.6) is 0 Å². The minimum atomic E-state index is -3.09. The standard InChI is InChI=1S/C18H23NO/c1-15-9-7-8-12-17(15)18(20-14-13-19(2)3)16-10-5-4-6-11-16/h4-12,18H,13-14H2,1-3H3/i4D,5D,6D,10D,11D,13D2,14D2,18D. The highest BCUT2D eigenvalue weighted by Gasteiger charge is 2.16. The van der Waals surface area contributed by atoms with Gasteiger partial charge in [0.15, 0.2) is 0 Å². The zero-order valence-electron chi connectivity index (χ0n) is 21.7. The molecule has 20 heavy (non-hydrogen) atoms. The van der Waals surface area contributed by atoms with Crippen molar-refractivity contribution in [3.8, 4) is 0 Å². The molecule has 0 aliphatic rings. The van der Waals surface area contributed by atoms with Gasteiger partial charge in [-0.1, -0.05) is 54.5 Å². The molecule has 0 N–H and O–H groups in total. The van der Waals surface area contributed by atoms with Crippen molar-refractivity contribution in [3.05, 3.63) is 71.2 Å². The molecule has 0 aromatic heterocycles. The molecule has 106 valence electrons. The minimum absolute atomic E-state index is 0.0296. The van der Waals surface area contributed by atoms with Crippen molar-refractivity contribution in [2.75, 3.05) is 27.2 Å². The van der Waals surface area contributed by atoms with Gasteiger partial charge in [0.2, 0.25) is 0 Å². The number of benzene rings is 2. The van der Waals surface area contributed by atoms with Gasteiger partial charge in [0, 0.05) is 9.24 Å². The molecule has 0 aliphatic carbocycles. The summed E-state index contributed by atoms with van der Waals surface area (Å²) < 4.78 is 87.3. The Kier molecular flexibility index (Phi) is 2.32. The third kappa shape index (κ3) is 3.92. The lowest BCUT2D eigenvalue weighted by atomic mass is 9.97. The number of likely N-dealkylation sites (N-methyl/N-ethyl adjacent to an activating group) is 1. The third-order valence-electron chi connectivity index (χ3n) is 2.54. The van der Waals surface area contributed by atoms with Gasteiger partial charge < -0.3 is 9.64 Å². The lowest BCUT2D eigenvalue weighted by Crippen LogP contribution is -2.20. The molecule has 1 unspecified atom stereocenters. The topological polar surface area (TPSA) is 12.5 Å². The molecule has 0 saturated heterocycles. The van der Waals surface area contributed by atoms with Crippen molar-refractivity contribution >= 4 is 0 Å². The molecule has 0 radical (unpaired) electrons. The predicted molar refractivity (Wildman–Crippen MR) is 84.0 cm³/mol. The van der Waals surface area contributed by atoms with Gasteiger partial charge in [-0.3, -0.25) is 0 Å². The van der Waals surface area contributed by atoms with Gasteiger partial charge in [-0.15, -0.1) is 0 Å². The average Bonchev–Trinajstić information content (AvgIpc) is 2.64. The van der Waals surface area contributed by atoms with Crippen molar-refractivity contribution in [2.24, 2.45) is 0 Å². The molecule has 2 heteroatoms. The zero-order chi connectivity index (χ0) is 23.2. The summed E-state index contributed by atoms with van der Waals surface area (Å²) in [5.41, 5.74) is -0.122. The largest absolute Gasteiger partial charge is 0.367 e. The maximum Gasteiger partial charge on any atom is 0.108 e. The molecule has 0 amide bonds. The number of hydrogen-bond acceptors (Lipinski definition) is 2. The van der Waals surface area contributed by atoms with E-state index in [0.717, 1.165) is 4.90 Å². The van der Waals surface area contributed by atoms with E-state index in [1.165, 1.54) is 20.2 Å². The van der Waals surface area contributed by atoms with Crippen LogP contribution in [0.4, 0.5) is 0 Å². The van der Waals surface area contributed by atoms with Crippen molar-refractivity contribution < 1.29 is 18.4 Å². The van der Waals surface area contributed by atoms with Crippen molar-refractivity contribution in [3.63, 3.8) is 0 Å². The summed E-state index contributed by atoms with van der Waals surface area (Å²) in [6.45, 7) is -4.19. The monoisotopic (exact) mass is 279 g/mol. The highest BCUT2D eigenvalue weighted by molar-refractivity contribution is 5.35. The summed E-state index contributed by atoms with van der Waals surface area (Å²) in [6.07, 6.45) is -2.63. The van der Waals surface area contributed by atoms with E-state index in [9.17, 15) is 0 Å². The maximum absolute atomic E-state index is 9.05. The van der Waals surface area contributed by atoms with Crippen LogP contribution < -0.4 is 0 Å². The highest BCUT2D eigenvalue weighted by Crippen LogP contribution is 2.28. The van der Waals surface area contributed by atoms with E-state index < -0.39 is 54.9 Å². The molecule has 2 nitrogen and oxygen atoms in total.